The van der Waals surface area contributed by atoms with Crippen molar-refractivity contribution in [3.8, 4) is 0 Å². The van der Waals surface area contributed by atoms with E-state index in [9.17, 15) is 26.4 Å². The maximum atomic E-state index is 13.6. The second-order valence-electron chi connectivity index (χ2n) is 9.22. The maximum absolute atomic E-state index is 13.6. The van der Waals surface area contributed by atoms with Crippen molar-refractivity contribution in [1.29, 1.82) is 0 Å². The van der Waals surface area contributed by atoms with E-state index in [1.807, 2.05) is 0 Å². The van der Waals surface area contributed by atoms with Gasteiger partial charge in [0.15, 0.2) is 14.6 Å². The Morgan fingerprint density at radius 1 is 1.16 bits per heavy atom. The SMILES string of the molecule is CS(=O)(=O)[C@]1(C(=O)N2CCc3ccc(C(F)(F)F)cc3C2)CC[C@@H](NC2CCOCC2)C1. The van der Waals surface area contributed by atoms with Crippen LogP contribution < -0.4 is 5.32 Å². The largest absolute Gasteiger partial charge is 0.416 e. The van der Waals surface area contributed by atoms with E-state index in [2.05, 4.69) is 5.32 Å². The van der Waals surface area contributed by atoms with Gasteiger partial charge < -0.3 is 15.0 Å². The van der Waals surface area contributed by atoms with Gasteiger partial charge in [-0.15, -0.1) is 0 Å². The Hall–Kier alpha value is -1.65. The molecule has 1 saturated heterocycles. The molecule has 2 atom stereocenters. The van der Waals surface area contributed by atoms with Crippen LogP contribution in [0.5, 0.6) is 0 Å². The number of fused-ring (bicyclic) bond motifs is 1. The highest BCUT2D eigenvalue weighted by atomic mass is 32.2. The van der Waals surface area contributed by atoms with E-state index < -0.39 is 32.2 Å². The fraction of sp³-hybridized carbons (Fsp3) is 0.682. The molecule has 32 heavy (non-hydrogen) atoms. The molecule has 10 heteroatoms. The van der Waals surface area contributed by atoms with E-state index in [4.69, 9.17) is 4.74 Å². The minimum Gasteiger partial charge on any atom is -0.381 e. The van der Waals surface area contributed by atoms with Crippen molar-refractivity contribution in [2.75, 3.05) is 26.0 Å². The smallest absolute Gasteiger partial charge is 0.381 e. The topological polar surface area (TPSA) is 75.7 Å². The number of hydrogen-bond donors (Lipinski definition) is 1. The highest BCUT2D eigenvalue weighted by molar-refractivity contribution is 7.92. The lowest BCUT2D eigenvalue weighted by Crippen LogP contribution is -2.54. The summed E-state index contributed by atoms with van der Waals surface area (Å²) in [5.74, 6) is -0.487. The lowest BCUT2D eigenvalue weighted by atomic mass is 9.95. The third kappa shape index (κ3) is 4.54. The minimum atomic E-state index is -4.47. The number of carbonyl (C=O) groups excluding carboxylic acids is 1. The first-order valence-corrected chi connectivity index (χ1v) is 12.9. The van der Waals surface area contributed by atoms with Gasteiger partial charge in [0.25, 0.3) is 0 Å². The van der Waals surface area contributed by atoms with E-state index in [-0.39, 0.29) is 31.5 Å². The Balaban J connectivity index is 1.53. The molecule has 1 aliphatic carbocycles. The van der Waals surface area contributed by atoms with Gasteiger partial charge in [0, 0.05) is 44.6 Å². The molecule has 2 heterocycles. The van der Waals surface area contributed by atoms with E-state index in [1.54, 1.807) is 0 Å². The van der Waals surface area contributed by atoms with Crippen molar-refractivity contribution in [3.05, 3.63) is 34.9 Å². The summed E-state index contributed by atoms with van der Waals surface area (Å²) >= 11 is 0. The Kier molecular flexibility index (Phi) is 6.32. The summed E-state index contributed by atoms with van der Waals surface area (Å²) in [5, 5.41) is 3.50. The van der Waals surface area contributed by atoms with Gasteiger partial charge in [-0.2, -0.15) is 13.2 Å². The van der Waals surface area contributed by atoms with Crippen molar-refractivity contribution in [3.63, 3.8) is 0 Å². The zero-order valence-electron chi connectivity index (χ0n) is 18.1. The standard InChI is InChI=1S/C22H29F3N2O4S/c1-32(29,30)21(8-4-19(13-21)26-18-6-10-31-11-7-18)20(28)27-9-5-15-2-3-17(22(23,24)25)12-16(15)14-27/h2-3,12,18-19,26H,4-11,13-14H2,1H3/t19-,21-/m1/s1. The second kappa shape index (κ2) is 8.61. The molecule has 1 amide bonds. The molecular weight excluding hydrogens is 445 g/mol. The lowest BCUT2D eigenvalue weighted by molar-refractivity contribution is -0.137. The number of sulfone groups is 1. The second-order valence-corrected chi connectivity index (χ2v) is 11.5. The maximum Gasteiger partial charge on any atom is 0.416 e. The number of benzene rings is 1. The molecule has 0 spiro atoms. The summed E-state index contributed by atoms with van der Waals surface area (Å²) in [5.41, 5.74) is 0.434. The first-order valence-electron chi connectivity index (χ1n) is 11.0. The average Bonchev–Trinajstić information content (AvgIpc) is 3.17. The summed E-state index contributed by atoms with van der Waals surface area (Å²) in [7, 11) is -3.73. The van der Waals surface area contributed by atoms with Gasteiger partial charge >= 0.3 is 6.18 Å². The summed E-state index contributed by atoms with van der Waals surface area (Å²) in [6.45, 7) is 1.61. The molecule has 6 nitrogen and oxygen atoms in total. The minimum absolute atomic E-state index is 0.00653. The molecule has 1 N–H and O–H groups in total. The van der Waals surface area contributed by atoms with E-state index >= 15 is 0 Å². The molecule has 0 aromatic heterocycles. The molecule has 0 bridgehead atoms. The third-order valence-corrected chi connectivity index (χ3v) is 9.06. The van der Waals surface area contributed by atoms with Crippen LogP contribution in [0.1, 0.15) is 48.8 Å². The summed E-state index contributed by atoms with van der Waals surface area (Å²) in [4.78, 5) is 15.0. The number of alkyl halides is 3. The van der Waals surface area contributed by atoms with Crippen LogP contribution in [0, 0.1) is 0 Å². The van der Waals surface area contributed by atoms with E-state index in [0.29, 0.717) is 38.2 Å². The summed E-state index contributed by atoms with van der Waals surface area (Å²) in [6.07, 6.45) is -0.292. The third-order valence-electron chi connectivity index (χ3n) is 7.10. The normalized spacial score (nSPS) is 27.4. The molecule has 3 aliphatic rings. The number of nitrogens with one attached hydrogen (secondary N) is 1. The Bertz CT molecular complexity index is 976. The van der Waals surface area contributed by atoms with Gasteiger partial charge in [-0.25, -0.2) is 8.42 Å². The molecular formula is C22H29F3N2O4S. The van der Waals surface area contributed by atoms with Gasteiger partial charge in [-0.1, -0.05) is 6.07 Å². The molecule has 178 valence electrons. The quantitative estimate of drug-likeness (QED) is 0.726. The lowest BCUT2D eigenvalue weighted by Gasteiger charge is -2.36. The fourth-order valence-corrected chi connectivity index (χ4v) is 6.67. The molecule has 0 unspecified atom stereocenters. The molecule has 1 saturated carbocycles. The molecule has 1 aromatic rings. The number of halogens is 3. The number of rotatable bonds is 4. The number of hydrogen-bond acceptors (Lipinski definition) is 5. The van der Waals surface area contributed by atoms with Crippen molar-refractivity contribution in [1.82, 2.24) is 10.2 Å². The Morgan fingerprint density at radius 3 is 2.53 bits per heavy atom. The van der Waals surface area contributed by atoms with Crippen LogP contribution in [0.15, 0.2) is 18.2 Å². The van der Waals surface area contributed by atoms with E-state index in [1.165, 1.54) is 11.0 Å². The van der Waals surface area contributed by atoms with Crippen LogP contribution in [0.25, 0.3) is 0 Å². The van der Waals surface area contributed by atoms with Crippen LogP contribution in [-0.2, 0) is 38.5 Å². The van der Waals surface area contributed by atoms with Crippen molar-refractivity contribution in [2.45, 2.75) is 68.1 Å². The number of carbonyl (C=O) groups is 1. The average molecular weight is 475 g/mol. The molecule has 0 radical (unpaired) electrons. The number of amides is 1. The first kappa shape index (κ1) is 23.5. The highest BCUT2D eigenvalue weighted by Gasteiger charge is 2.55. The molecule has 1 aromatic carbocycles. The van der Waals surface area contributed by atoms with Crippen LogP contribution in [-0.4, -0.2) is 62.1 Å². The Labute approximate surface area is 186 Å². The molecule has 4 rings (SSSR count). The van der Waals surface area contributed by atoms with Crippen molar-refractivity contribution < 1.29 is 31.1 Å². The Morgan fingerprint density at radius 2 is 1.88 bits per heavy atom. The number of nitrogens with zero attached hydrogens (tertiary/aromatic N) is 1. The predicted octanol–water partition coefficient (Wildman–Crippen LogP) is 2.69. The summed E-state index contributed by atoms with van der Waals surface area (Å²) in [6, 6.07) is 3.73. The first-order chi connectivity index (χ1) is 15.0. The van der Waals surface area contributed by atoms with Gasteiger partial charge in [0.2, 0.25) is 5.91 Å². The van der Waals surface area contributed by atoms with Gasteiger partial charge in [0.1, 0.15) is 0 Å². The van der Waals surface area contributed by atoms with Crippen molar-refractivity contribution in [2.24, 2.45) is 0 Å². The van der Waals surface area contributed by atoms with Crippen LogP contribution in [0.4, 0.5) is 13.2 Å². The van der Waals surface area contributed by atoms with Crippen LogP contribution in [0.3, 0.4) is 0 Å². The predicted molar refractivity (Wildman–Crippen MR) is 113 cm³/mol. The molecule has 2 aliphatic heterocycles. The van der Waals surface area contributed by atoms with Crippen LogP contribution >= 0.6 is 0 Å². The number of ether oxygens (including phenoxy) is 1. The monoisotopic (exact) mass is 474 g/mol. The summed E-state index contributed by atoms with van der Waals surface area (Å²) < 4.78 is 69.0. The van der Waals surface area contributed by atoms with E-state index in [0.717, 1.165) is 36.8 Å². The fourth-order valence-electron chi connectivity index (χ4n) is 5.23. The van der Waals surface area contributed by atoms with Gasteiger partial charge in [-0.3, -0.25) is 4.79 Å². The molecule has 2 fully saturated rings. The van der Waals surface area contributed by atoms with Gasteiger partial charge in [-0.05, 0) is 61.8 Å². The zero-order valence-corrected chi connectivity index (χ0v) is 18.9. The van der Waals surface area contributed by atoms with Crippen LogP contribution in [0.2, 0.25) is 0 Å². The highest BCUT2D eigenvalue weighted by Crippen LogP contribution is 2.40. The van der Waals surface area contributed by atoms with Gasteiger partial charge in [0.05, 0.1) is 5.56 Å². The zero-order chi connectivity index (χ0) is 23.1. The van der Waals surface area contributed by atoms with Crippen molar-refractivity contribution >= 4 is 15.7 Å².